The number of nitrogens with one attached hydrogen (secondary N) is 2. The molecule has 4 nitrogen and oxygen atoms in total. The summed E-state index contributed by atoms with van der Waals surface area (Å²) in [6.07, 6.45) is 0.894. The minimum Gasteiger partial charge on any atom is -0.324 e. The van der Waals surface area contributed by atoms with Crippen LogP contribution in [-0.4, -0.2) is 23.5 Å². The molecule has 0 radical (unpaired) electrons. The van der Waals surface area contributed by atoms with Crippen molar-refractivity contribution in [3.05, 3.63) is 71.9 Å². The molecule has 1 aromatic heterocycles. The van der Waals surface area contributed by atoms with Gasteiger partial charge in [-0.2, -0.15) is 0 Å². The Morgan fingerprint density at radius 2 is 1.80 bits per heavy atom. The first-order valence-corrected chi connectivity index (χ1v) is 8.55. The summed E-state index contributed by atoms with van der Waals surface area (Å²) in [6, 6.07) is 20.3. The summed E-state index contributed by atoms with van der Waals surface area (Å²) in [5, 5.41) is 7.25. The Balaban J connectivity index is 1.59. The third-order valence-electron chi connectivity index (χ3n) is 4.11. The van der Waals surface area contributed by atoms with Gasteiger partial charge in [0.25, 0.3) is 0 Å². The van der Waals surface area contributed by atoms with Gasteiger partial charge in [0.15, 0.2) is 0 Å². The van der Waals surface area contributed by atoms with Crippen molar-refractivity contribution in [2.45, 2.75) is 26.3 Å². The van der Waals surface area contributed by atoms with Gasteiger partial charge >= 0.3 is 0 Å². The molecule has 25 heavy (non-hydrogen) atoms. The van der Waals surface area contributed by atoms with Gasteiger partial charge in [-0.05, 0) is 38.0 Å². The lowest BCUT2D eigenvalue weighted by molar-refractivity contribution is -0.115. The first-order chi connectivity index (χ1) is 12.1. The van der Waals surface area contributed by atoms with Gasteiger partial charge in [-0.1, -0.05) is 48.5 Å². The molecule has 1 atom stereocenters. The molecule has 0 aliphatic rings. The highest BCUT2D eigenvalue weighted by Gasteiger charge is 2.09. The van der Waals surface area contributed by atoms with Gasteiger partial charge in [0.05, 0.1) is 17.7 Å². The molecule has 2 aromatic carbocycles. The van der Waals surface area contributed by atoms with Gasteiger partial charge in [-0.3, -0.25) is 9.78 Å². The number of anilines is 1. The van der Waals surface area contributed by atoms with Crippen molar-refractivity contribution < 1.29 is 4.79 Å². The molecule has 0 saturated carbocycles. The number of hydrogen-bond donors (Lipinski definition) is 2. The van der Waals surface area contributed by atoms with E-state index in [4.69, 9.17) is 0 Å². The summed E-state index contributed by atoms with van der Waals surface area (Å²) >= 11 is 0. The zero-order chi connectivity index (χ0) is 17.6. The molecule has 4 heteroatoms. The van der Waals surface area contributed by atoms with E-state index in [1.54, 1.807) is 0 Å². The number of hydrogen-bond acceptors (Lipinski definition) is 3. The highest BCUT2D eigenvalue weighted by atomic mass is 16.1. The van der Waals surface area contributed by atoms with Crippen LogP contribution < -0.4 is 10.6 Å². The first kappa shape index (κ1) is 17.1. The smallest absolute Gasteiger partial charge is 0.238 e. The van der Waals surface area contributed by atoms with Gasteiger partial charge in [0, 0.05) is 17.1 Å². The number of carbonyl (C=O) groups is 1. The summed E-state index contributed by atoms with van der Waals surface area (Å²) in [5.74, 6) is -0.0457. The third kappa shape index (κ3) is 4.64. The molecule has 0 bridgehead atoms. The lowest BCUT2D eigenvalue weighted by Gasteiger charge is -2.14. The maximum atomic E-state index is 12.3. The highest BCUT2D eigenvalue weighted by molar-refractivity contribution is 6.01. The molecule has 1 unspecified atom stereocenters. The maximum absolute atomic E-state index is 12.3. The van der Waals surface area contributed by atoms with E-state index in [0.29, 0.717) is 0 Å². The number of benzene rings is 2. The minimum absolute atomic E-state index is 0.0457. The van der Waals surface area contributed by atoms with Crippen LogP contribution in [0.3, 0.4) is 0 Å². The lowest BCUT2D eigenvalue weighted by Crippen LogP contribution is -2.35. The fourth-order valence-corrected chi connectivity index (χ4v) is 2.91. The molecule has 2 N–H and O–H groups in total. The molecule has 3 rings (SSSR count). The monoisotopic (exact) mass is 333 g/mol. The molecular weight excluding hydrogens is 310 g/mol. The molecule has 0 aliphatic heterocycles. The molecule has 0 fully saturated rings. The zero-order valence-electron chi connectivity index (χ0n) is 14.6. The second-order valence-corrected chi connectivity index (χ2v) is 6.35. The van der Waals surface area contributed by atoms with Crippen molar-refractivity contribution in [1.29, 1.82) is 0 Å². The fraction of sp³-hybridized carbons (Fsp3) is 0.238. The van der Waals surface area contributed by atoms with E-state index in [9.17, 15) is 4.79 Å². The van der Waals surface area contributed by atoms with E-state index in [1.807, 2.05) is 55.5 Å². The number of fused-ring (bicyclic) bond motifs is 1. The fourth-order valence-electron chi connectivity index (χ4n) is 2.91. The number of carbonyl (C=O) groups excluding carboxylic acids is 1. The second-order valence-electron chi connectivity index (χ2n) is 6.35. The number of nitrogens with zero attached hydrogens (tertiary/aromatic N) is 1. The summed E-state index contributed by atoms with van der Waals surface area (Å²) in [4.78, 5) is 16.8. The van der Waals surface area contributed by atoms with E-state index < -0.39 is 0 Å². The molecule has 0 aliphatic carbocycles. The number of aryl methyl sites for hydroxylation is 1. The van der Waals surface area contributed by atoms with Crippen LogP contribution in [0, 0.1) is 6.92 Å². The van der Waals surface area contributed by atoms with Crippen LogP contribution >= 0.6 is 0 Å². The molecule has 0 spiro atoms. The highest BCUT2D eigenvalue weighted by Crippen LogP contribution is 2.22. The Hall–Kier alpha value is -2.72. The van der Waals surface area contributed by atoms with Crippen molar-refractivity contribution in [1.82, 2.24) is 10.3 Å². The van der Waals surface area contributed by atoms with E-state index in [0.717, 1.165) is 28.7 Å². The Morgan fingerprint density at radius 3 is 2.60 bits per heavy atom. The van der Waals surface area contributed by atoms with Crippen LogP contribution in [-0.2, 0) is 11.2 Å². The molecule has 3 aromatic rings. The summed E-state index contributed by atoms with van der Waals surface area (Å²) in [5.41, 5.74) is 3.85. The van der Waals surface area contributed by atoms with Crippen LogP contribution in [0.2, 0.25) is 0 Å². The number of aromatic nitrogens is 1. The zero-order valence-corrected chi connectivity index (χ0v) is 14.6. The van der Waals surface area contributed by atoms with E-state index in [2.05, 4.69) is 34.7 Å². The second kappa shape index (κ2) is 7.90. The average Bonchev–Trinajstić information content (AvgIpc) is 2.61. The largest absolute Gasteiger partial charge is 0.324 e. The van der Waals surface area contributed by atoms with Crippen molar-refractivity contribution in [3.63, 3.8) is 0 Å². The Kier molecular flexibility index (Phi) is 5.41. The van der Waals surface area contributed by atoms with Gasteiger partial charge in [-0.25, -0.2) is 0 Å². The first-order valence-electron chi connectivity index (χ1n) is 8.55. The third-order valence-corrected chi connectivity index (χ3v) is 4.11. The van der Waals surface area contributed by atoms with Gasteiger partial charge in [0.1, 0.15) is 0 Å². The van der Waals surface area contributed by atoms with Crippen molar-refractivity contribution >= 4 is 22.5 Å². The van der Waals surface area contributed by atoms with Crippen molar-refractivity contribution in [2.75, 3.05) is 11.9 Å². The number of para-hydroxylation sites is 1. The van der Waals surface area contributed by atoms with Gasteiger partial charge in [0.2, 0.25) is 5.91 Å². The molecule has 1 amide bonds. The van der Waals surface area contributed by atoms with Gasteiger partial charge < -0.3 is 10.6 Å². The Bertz CT molecular complexity index is 861. The SMILES string of the molecule is Cc1cc(NC(=O)CNC(C)Cc2ccccc2)c2ccccc2n1. The van der Waals surface area contributed by atoms with Crippen LogP contribution in [0.5, 0.6) is 0 Å². The number of amides is 1. The normalized spacial score (nSPS) is 12.1. The standard InChI is InChI=1S/C21H23N3O/c1-15(12-17-8-4-3-5-9-17)22-14-21(25)24-20-13-16(2)23-19-11-7-6-10-18(19)20/h3-11,13,15,22H,12,14H2,1-2H3,(H,23,24,25). The molecule has 1 heterocycles. The topological polar surface area (TPSA) is 54.0 Å². The Morgan fingerprint density at radius 1 is 1.08 bits per heavy atom. The van der Waals surface area contributed by atoms with Crippen molar-refractivity contribution in [3.8, 4) is 0 Å². The summed E-state index contributed by atoms with van der Waals surface area (Å²) in [6.45, 7) is 4.30. The maximum Gasteiger partial charge on any atom is 0.238 e. The predicted octanol–water partition coefficient (Wildman–Crippen LogP) is 3.70. The average molecular weight is 333 g/mol. The lowest BCUT2D eigenvalue weighted by atomic mass is 10.1. The van der Waals surface area contributed by atoms with Crippen LogP contribution in [0.1, 0.15) is 18.2 Å². The van der Waals surface area contributed by atoms with Crippen LogP contribution in [0.4, 0.5) is 5.69 Å². The quantitative estimate of drug-likeness (QED) is 0.723. The van der Waals surface area contributed by atoms with E-state index in [1.165, 1.54) is 5.56 Å². The van der Waals surface area contributed by atoms with Crippen molar-refractivity contribution in [2.24, 2.45) is 0 Å². The predicted molar refractivity (Wildman–Crippen MR) is 103 cm³/mol. The molecule has 0 saturated heterocycles. The summed E-state index contributed by atoms with van der Waals surface area (Å²) in [7, 11) is 0. The number of pyridine rings is 1. The minimum atomic E-state index is -0.0457. The van der Waals surface area contributed by atoms with Gasteiger partial charge in [-0.15, -0.1) is 0 Å². The van der Waals surface area contributed by atoms with E-state index in [-0.39, 0.29) is 18.5 Å². The van der Waals surface area contributed by atoms with Crippen LogP contribution in [0.15, 0.2) is 60.7 Å². The molecule has 128 valence electrons. The van der Waals surface area contributed by atoms with Crippen LogP contribution in [0.25, 0.3) is 10.9 Å². The number of rotatable bonds is 6. The molecular formula is C21H23N3O. The Labute approximate surface area is 148 Å². The summed E-state index contributed by atoms with van der Waals surface area (Å²) < 4.78 is 0. The van der Waals surface area contributed by atoms with E-state index >= 15 is 0 Å².